The van der Waals surface area contributed by atoms with Gasteiger partial charge in [0.25, 0.3) is 0 Å². The zero-order valence-electron chi connectivity index (χ0n) is 15.2. The van der Waals surface area contributed by atoms with Gasteiger partial charge in [0.15, 0.2) is 0 Å². The fraction of sp³-hybridized carbons (Fsp3) is 0. The Morgan fingerprint density at radius 3 is 1.43 bits per heavy atom. The van der Waals surface area contributed by atoms with Gasteiger partial charge in [0, 0.05) is 0 Å². The second-order valence-electron chi connectivity index (χ2n) is 6.41. The van der Waals surface area contributed by atoms with Crippen molar-refractivity contribution >= 4 is 31.3 Å². The average molecular weight is 426 g/mol. The predicted octanol–water partition coefficient (Wildman–Crippen LogP) is 3.33. The summed E-state index contributed by atoms with van der Waals surface area (Å²) in [5.41, 5.74) is 0. The van der Waals surface area contributed by atoms with Crippen LogP contribution in [0, 0.1) is 0 Å². The standard InChI is InChI=1S/C24H19GeNO2/c27-24(28-23-18-10-11-19-26-23)25(20-12-4-1-5-13-20,21-14-6-2-7-15-21)22-16-8-3-9-17-22/h1-19H. The number of nitrogens with zero attached hydrogens (tertiary/aromatic N) is 1. The van der Waals surface area contributed by atoms with E-state index >= 15 is 0 Å². The van der Waals surface area contributed by atoms with Gasteiger partial charge in [-0.1, -0.05) is 0 Å². The predicted molar refractivity (Wildman–Crippen MR) is 114 cm³/mol. The van der Waals surface area contributed by atoms with Gasteiger partial charge in [0.2, 0.25) is 0 Å². The van der Waals surface area contributed by atoms with E-state index in [1.807, 2.05) is 97.1 Å². The SMILES string of the molecule is O=[C](Oc1ccccn1)[Ge]([c]1ccccc1)([c]1ccccc1)[c]1ccccc1. The summed E-state index contributed by atoms with van der Waals surface area (Å²) in [7, 11) is 0. The Hall–Kier alpha value is -3.18. The molecule has 4 aromatic rings. The van der Waals surface area contributed by atoms with E-state index in [0.717, 1.165) is 13.2 Å². The zero-order chi connectivity index (χ0) is 19.2. The third kappa shape index (κ3) is 3.37. The number of hydrogen-bond acceptors (Lipinski definition) is 3. The summed E-state index contributed by atoms with van der Waals surface area (Å²) in [4.78, 5) is 17.9. The number of benzene rings is 3. The molecule has 0 spiro atoms. The summed E-state index contributed by atoms with van der Waals surface area (Å²) < 4.78 is 8.96. The first kappa shape index (κ1) is 18.2. The van der Waals surface area contributed by atoms with Gasteiger partial charge in [-0.05, 0) is 0 Å². The van der Waals surface area contributed by atoms with E-state index in [9.17, 15) is 4.79 Å². The number of carbonyl (C=O) groups excluding carboxylic acids is 1. The Labute approximate surface area is 167 Å². The molecule has 1 aromatic heterocycles. The third-order valence-electron chi connectivity index (χ3n) is 4.76. The molecule has 136 valence electrons. The minimum absolute atomic E-state index is 0.206. The van der Waals surface area contributed by atoms with Crippen LogP contribution < -0.4 is 17.9 Å². The molecule has 0 aliphatic rings. The molecule has 4 rings (SSSR count). The van der Waals surface area contributed by atoms with Crippen LogP contribution in [0.4, 0.5) is 4.79 Å². The molecule has 0 saturated heterocycles. The normalized spacial score (nSPS) is 11.0. The molecule has 1 heterocycles. The number of aromatic nitrogens is 1. The van der Waals surface area contributed by atoms with Gasteiger partial charge in [-0.3, -0.25) is 0 Å². The van der Waals surface area contributed by atoms with Crippen LogP contribution in [0.3, 0.4) is 0 Å². The number of carbonyl (C=O) groups is 1. The van der Waals surface area contributed by atoms with E-state index in [0.29, 0.717) is 5.88 Å². The summed E-state index contributed by atoms with van der Waals surface area (Å²) in [5, 5.41) is 0. The van der Waals surface area contributed by atoms with Gasteiger partial charge >= 0.3 is 167 Å². The molecular formula is C24H19GeNO2. The second kappa shape index (κ2) is 8.23. The van der Waals surface area contributed by atoms with Crippen molar-refractivity contribution < 1.29 is 9.53 Å². The first-order chi connectivity index (χ1) is 13.8. The Morgan fingerprint density at radius 1 is 0.607 bits per heavy atom. The number of hydrogen-bond donors (Lipinski definition) is 0. The molecule has 0 N–H and O–H groups in total. The van der Waals surface area contributed by atoms with Crippen LogP contribution in [0.5, 0.6) is 5.88 Å². The van der Waals surface area contributed by atoms with E-state index in [2.05, 4.69) is 4.98 Å². The van der Waals surface area contributed by atoms with Crippen LogP contribution in [0.15, 0.2) is 115 Å². The van der Waals surface area contributed by atoms with Crippen LogP contribution >= 0.6 is 0 Å². The molecule has 0 aliphatic carbocycles. The summed E-state index contributed by atoms with van der Waals surface area (Å²) in [5.74, 6) is 0.324. The minimum atomic E-state index is -3.81. The average Bonchev–Trinajstić information content (AvgIpc) is 2.77. The van der Waals surface area contributed by atoms with Crippen molar-refractivity contribution in [3.63, 3.8) is 0 Å². The van der Waals surface area contributed by atoms with Crippen molar-refractivity contribution in [2.75, 3.05) is 0 Å². The summed E-state index contributed by atoms with van der Waals surface area (Å²) in [6, 6.07) is 35.4. The van der Waals surface area contributed by atoms with Crippen LogP contribution in [0.25, 0.3) is 0 Å². The van der Waals surface area contributed by atoms with E-state index in [-0.39, 0.29) is 4.80 Å². The molecule has 0 aliphatic heterocycles. The molecule has 0 saturated carbocycles. The van der Waals surface area contributed by atoms with Gasteiger partial charge in [0.1, 0.15) is 0 Å². The first-order valence-electron chi connectivity index (χ1n) is 9.11. The molecule has 28 heavy (non-hydrogen) atoms. The third-order valence-corrected chi connectivity index (χ3v) is 13.8. The molecule has 0 fully saturated rings. The van der Waals surface area contributed by atoms with Crippen molar-refractivity contribution in [1.29, 1.82) is 0 Å². The van der Waals surface area contributed by atoms with E-state index < -0.39 is 13.3 Å². The molecule has 0 bridgehead atoms. The van der Waals surface area contributed by atoms with Crippen molar-refractivity contribution in [3.05, 3.63) is 115 Å². The monoisotopic (exact) mass is 427 g/mol. The molecule has 0 atom stereocenters. The molecule has 3 aromatic carbocycles. The van der Waals surface area contributed by atoms with Gasteiger partial charge in [-0.25, -0.2) is 0 Å². The fourth-order valence-electron chi connectivity index (χ4n) is 3.50. The van der Waals surface area contributed by atoms with Crippen LogP contribution in [-0.4, -0.2) is 23.1 Å². The summed E-state index contributed by atoms with van der Waals surface area (Å²) >= 11 is -3.81. The van der Waals surface area contributed by atoms with Crippen molar-refractivity contribution in [2.24, 2.45) is 0 Å². The van der Waals surface area contributed by atoms with E-state index in [1.165, 1.54) is 0 Å². The number of ether oxygens (including phenoxy) is 1. The van der Waals surface area contributed by atoms with Crippen LogP contribution in [0.1, 0.15) is 0 Å². The fourth-order valence-corrected chi connectivity index (χ4v) is 12.0. The molecule has 0 amide bonds. The number of pyridine rings is 1. The van der Waals surface area contributed by atoms with Crippen LogP contribution in [-0.2, 0) is 0 Å². The van der Waals surface area contributed by atoms with E-state index in [1.54, 1.807) is 18.3 Å². The summed E-state index contributed by atoms with van der Waals surface area (Å²) in [6.07, 6.45) is 1.63. The van der Waals surface area contributed by atoms with Crippen LogP contribution in [0.2, 0.25) is 0 Å². The Bertz CT molecular complexity index is 942. The van der Waals surface area contributed by atoms with Gasteiger partial charge in [0.05, 0.1) is 0 Å². The second-order valence-corrected chi connectivity index (χ2v) is 14.0. The van der Waals surface area contributed by atoms with Crippen molar-refractivity contribution in [1.82, 2.24) is 4.98 Å². The van der Waals surface area contributed by atoms with Gasteiger partial charge in [-0.2, -0.15) is 0 Å². The van der Waals surface area contributed by atoms with Crippen molar-refractivity contribution in [2.45, 2.75) is 0 Å². The van der Waals surface area contributed by atoms with Gasteiger partial charge in [-0.15, -0.1) is 0 Å². The van der Waals surface area contributed by atoms with E-state index in [4.69, 9.17) is 4.74 Å². The Kier molecular flexibility index (Phi) is 5.35. The molecule has 4 heteroatoms. The summed E-state index contributed by atoms with van der Waals surface area (Å²) in [6.45, 7) is 0. The molecular weight excluding hydrogens is 407 g/mol. The topological polar surface area (TPSA) is 39.2 Å². The maximum atomic E-state index is 13.9. The maximum absolute atomic E-state index is 13.9. The van der Waals surface area contributed by atoms with Gasteiger partial charge < -0.3 is 0 Å². The Balaban J connectivity index is 1.97. The first-order valence-corrected chi connectivity index (χ1v) is 13.3. The zero-order valence-corrected chi connectivity index (χ0v) is 17.3. The molecule has 0 unspecified atom stereocenters. The van der Waals surface area contributed by atoms with Crippen molar-refractivity contribution in [3.8, 4) is 5.88 Å². The Morgan fingerprint density at radius 2 is 1.04 bits per heavy atom. The number of rotatable bonds is 5. The molecule has 0 radical (unpaired) electrons. The quantitative estimate of drug-likeness (QED) is 0.460. The molecule has 3 nitrogen and oxygen atoms in total.